The van der Waals surface area contributed by atoms with E-state index in [0.717, 1.165) is 38.5 Å². The maximum Gasteiger partial charge on any atom is 0.210 e. The fourth-order valence-electron chi connectivity index (χ4n) is 6.32. The largest absolute Gasteiger partial charge is 0.393 e. The molecule has 3 aliphatic rings. The first-order valence-corrected chi connectivity index (χ1v) is 11.7. The summed E-state index contributed by atoms with van der Waals surface area (Å²) in [5.41, 5.74) is 1.22. The maximum absolute atomic E-state index is 10.6. The van der Waals surface area contributed by atoms with E-state index in [2.05, 4.69) is 25.5 Å². The predicted molar refractivity (Wildman–Crippen MR) is 124 cm³/mol. The highest BCUT2D eigenvalue weighted by Gasteiger charge is 2.50. The molecule has 2 unspecified atom stereocenters. The van der Waals surface area contributed by atoms with Crippen molar-refractivity contribution < 1.29 is 20.8 Å². The first-order valence-electron chi connectivity index (χ1n) is 14.1. The van der Waals surface area contributed by atoms with Crippen LogP contribution in [-0.2, 0) is 0 Å². The molecule has 0 aliphatic heterocycles. The summed E-state index contributed by atoms with van der Waals surface area (Å²) in [6, 6.07) is 0. The molecule has 0 aromatic carbocycles. The Balaban J connectivity index is 1.81. The second kappa shape index (κ2) is 9.30. The van der Waals surface area contributed by atoms with E-state index in [1.54, 1.807) is 6.08 Å². The number of aliphatic hydroxyl groups is 3. The summed E-state index contributed by atoms with van der Waals surface area (Å²) in [5.74, 6) is 1.65. The van der Waals surface area contributed by atoms with Crippen LogP contribution >= 0.6 is 0 Å². The summed E-state index contributed by atoms with van der Waals surface area (Å²) in [6.45, 7) is 12.3. The Labute approximate surface area is 191 Å². The quantitative estimate of drug-likeness (QED) is 0.494. The smallest absolute Gasteiger partial charge is 0.210 e. The van der Waals surface area contributed by atoms with Crippen molar-refractivity contribution in [3.05, 3.63) is 35.5 Å². The summed E-state index contributed by atoms with van der Waals surface area (Å²) in [5, 5.41) is 25.1. The van der Waals surface area contributed by atoms with E-state index in [-0.39, 0.29) is 17.4 Å². The Morgan fingerprint density at radius 1 is 1.40 bits per heavy atom. The van der Waals surface area contributed by atoms with Gasteiger partial charge in [-0.3, -0.25) is 0 Å². The highest BCUT2D eigenvalue weighted by atomic mass is 16.3. The molecule has 0 radical (unpaired) electrons. The summed E-state index contributed by atoms with van der Waals surface area (Å²) in [6.07, 6.45) is 4.11. The Kier molecular flexibility index (Phi) is 5.47. The molecule has 3 saturated carbocycles. The molecule has 3 fully saturated rings. The minimum Gasteiger partial charge on any atom is -0.393 e. The molecule has 3 heteroatoms. The van der Waals surface area contributed by atoms with Gasteiger partial charge in [0.2, 0.25) is 1.43 Å². The van der Waals surface area contributed by atoms with Crippen molar-refractivity contribution >= 4 is 0 Å². The number of hydrogen-bond donors (Lipinski definition) is 3. The lowest BCUT2D eigenvalue weighted by atomic mass is 9.60. The highest BCUT2D eigenvalue weighted by molar-refractivity contribution is 5.38. The zero-order chi connectivity index (χ0) is 26.4. The van der Waals surface area contributed by atoms with Crippen LogP contribution < -0.4 is 0 Å². The van der Waals surface area contributed by atoms with E-state index < -0.39 is 24.1 Å². The SMILES string of the molecule is [2H]O[C@]1([2H])C/C(=C/C=C2CCC[C@@]3(C)C2CC[C@@H]3[C@H](C)CCCC(C)(C)O)C(=C)C([2H])(O)C1([2H])[2H]. The minimum absolute atomic E-state index is 0.0809. The molecule has 0 spiro atoms. The van der Waals surface area contributed by atoms with Gasteiger partial charge in [-0.15, -0.1) is 0 Å². The molecule has 0 saturated heterocycles. The molecular weight excluding hydrogens is 372 g/mol. The van der Waals surface area contributed by atoms with Crippen molar-refractivity contribution in [2.24, 2.45) is 23.2 Å². The van der Waals surface area contributed by atoms with E-state index in [9.17, 15) is 10.2 Å². The van der Waals surface area contributed by atoms with Gasteiger partial charge in [0.15, 0.2) is 0 Å². The molecule has 0 aromatic heterocycles. The van der Waals surface area contributed by atoms with E-state index >= 15 is 0 Å². The third-order valence-corrected chi connectivity index (χ3v) is 7.95. The Morgan fingerprint density at radius 3 is 2.87 bits per heavy atom. The van der Waals surface area contributed by atoms with Crippen LogP contribution in [0.15, 0.2) is 35.5 Å². The molecule has 3 nitrogen and oxygen atoms in total. The average Bonchev–Trinajstić information content (AvgIpc) is 3.11. The van der Waals surface area contributed by atoms with Crippen molar-refractivity contribution in [2.45, 2.75) is 110 Å². The molecule has 0 aromatic rings. The fourth-order valence-corrected chi connectivity index (χ4v) is 6.32. The molecular formula is C27H44O3. The Hall–Kier alpha value is -0.900. The lowest BCUT2D eigenvalue weighted by molar-refractivity contribution is 0.0596. The van der Waals surface area contributed by atoms with Gasteiger partial charge in [-0.2, -0.15) is 0 Å². The molecule has 3 N–H and O–H groups in total. The second-order valence-corrected chi connectivity index (χ2v) is 10.8. The van der Waals surface area contributed by atoms with E-state index in [4.69, 9.17) is 6.91 Å². The van der Waals surface area contributed by atoms with Gasteiger partial charge in [0.25, 0.3) is 0 Å². The van der Waals surface area contributed by atoms with Gasteiger partial charge in [0.05, 0.1) is 20.5 Å². The predicted octanol–water partition coefficient (Wildman–Crippen LogP) is 5.70. The van der Waals surface area contributed by atoms with Crippen LogP contribution in [0, 0.1) is 23.2 Å². The van der Waals surface area contributed by atoms with Gasteiger partial charge in [-0.05, 0) is 93.1 Å². The lowest BCUT2D eigenvalue weighted by Crippen LogP contribution is -2.36. The summed E-state index contributed by atoms with van der Waals surface area (Å²) >= 11 is 0. The zero-order valence-electron chi connectivity index (χ0n) is 24.3. The molecule has 170 valence electrons. The molecule has 3 aliphatic carbocycles. The Morgan fingerprint density at radius 2 is 2.17 bits per heavy atom. The van der Waals surface area contributed by atoms with E-state index in [1.807, 2.05) is 19.9 Å². The van der Waals surface area contributed by atoms with Crippen LogP contribution in [-0.4, -0.2) is 34.5 Å². The second-order valence-electron chi connectivity index (χ2n) is 10.8. The van der Waals surface area contributed by atoms with Gasteiger partial charge in [-0.1, -0.05) is 51.0 Å². The van der Waals surface area contributed by atoms with E-state index in [1.165, 1.54) is 18.4 Å². The topological polar surface area (TPSA) is 60.7 Å². The molecule has 0 heterocycles. The number of hydrogen-bond acceptors (Lipinski definition) is 3. The molecule has 3 rings (SSSR count). The van der Waals surface area contributed by atoms with Crippen LogP contribution in [0.3, 0.4) is 0 Å². The molecule has 6 atom stereocenters. The third-order valence-electron chi connectivity index (χ3n) is 7.95. The van der Waals surface area contributed by atoms with Gasteiger partial charge in [0, 0.05) is 9.11 Å². The standard InChI is InChI=1S/C27H44O3/c1-18(8-6-14-26(3,4)30)23-12-13-24-20(9-7-15-27(23,24)5)10-11-21-16-22(28)17-25(29)19(21)2/h10-11,18,22-25,28-30H,2,6-9,12-17H2,1,3-5H3/b20-10?,21-11-/t18-,22-,23-,24?,25?,27-/m1/s1/i17D2,22D,25D,28D. The minimum atomic E-state index is -2.80. The van der Waals surface area contributed by atoms with Gasteiger partial charge >= 0.3 is 0 Å². The highest BCUT2D eigenvalue weighted by Crippen LogP contribution is 2.60. The van der Waals surface area contributed by atoms with Gasteiger partial charge in [0.1, 0.15) is 0 Å². The molecule has 30 heavy (non-hydrogen) atoms. The monoisotopic (exact) mass is 421 g/mol. The first kappa shape index (κ1) is 17.6. The van der Waals surface area contributed by atoms with E-state index in [0.29, 0.717) is 23.3 Å². The number of rotatable bonds is 7. The van der Waals surface area contributed by atoms with Gasteiger partial charge < -0.3 is 15.3 Å². The van der Waals surface area contributed by atoms with Crippen LogP contribution in [0.5, 0.6) is 0 Å². The summed E-state index contributed by atoms with van der Waals surface area (Å²) in [7, 11) is 0. The van der Waals surface area contributed by atoms with Crippen LogP contribution in [0.25, 0.3) is 0 Å². The normalized spacial score (nSPS) is 47.8. The van der Waals surface area contributed by atoms with Crippen LogP contribution in [0.4, 0.5) is 0 Å². The van der Waals surface area contributed by atoms with Crippen LogP contribution in [0.2, 0.25) is 0 Å². The van der Waals surface area contributed by atoms with Crippen molar-refractivity contribution in [3.63, 3.8) is 0 Å². The lowest BCUT2D eigenvalue weighted by Gasteiger charge is -2.44. The number of allylic oxidation sites excluding steroid dienone is 3. The number of fused-ring (bicyclic) bond motifs is 1. The molecule has 0 bridgehead atoms. The summed E-state index contributed by atoms with van der Waals surface area (Å²) in [4.78, 5) is 0. The first-order chi connectivity index (χ1) is 16.0. The van der Waals surface area contributed by atoms with Gasteiger partial charge in [-0.25, -0.2) is 0 Å². The van der Waals surface area contributed by atoms with Crippen molar-refractivity contribution in [2.75, 3.05) is 0 Å². The molecule has 0 amide bonds. The average molecular weight is 422 g/mol. The van der Waals surface area contributed by atoms with Crippen molar-refractivity contribution in [1.82, 2.24) is 0 Å². The van der Waals surface area contributed by atoms with Crippen LogP contribution in [0.1, 0.15) is 97.3 Å². The third kappa shape index (κ3) is 5.29. The van der Waals surface area contributed by atoms with Crippen molar-refractivity contribution in [3.8, 4) is 0 Å². The fraction of sp³-hybridized carbons (Fsp3) is 0.778. The maximum atomic E-state index is 10.6. The zero-order valence-corrected chi connectivity index (χ0v) is 19.3. The van der Waals surface area contributed by atoms with Crippen molar-refractivity contribution in [1.29, 1.82) is 1.43 Å². The Bertz CT molecular complexity index is 875. The summed E-state index contributed by atoms with van der Waals surface area (Å²) < 4.78 is 39.9.